The Kier molecular flexibility index (Phi) is 9.46. The molecule has 1 amide bonds. The van der Waals surface area contributed by atoms with Crippen molar-refractivity contribution in [3.8, 4) is 0 Å². The number of nitro benzene ring substituents is 1. The Hall–Kier alpha value is -3.39. The number of rotatable bonds is 13. The fraction of sp³-hybridized carbons (Fsp3) is 0.423. The number of alkyl carbamates (subject to hydrolysis) is 1. The van der Waals surface area contributed by atoms with Crippen molar-refractivity contribution in [2.75, 3.05) is 6.61 Å². The summed E-state index contributed by atoms with van der Waals surface area (Å²) < 4.78 is 7.33. The van der Waals surface area contributed by atoms with Crippen LogP contribution in [0.1, 0.15) is 50.2 Å². The van der Waals surface area contributed by atoms with Gasteiger partial charge in [0.25, 0.3) is 5.69 Å². The van der Waals surface area contributed by atoms with E-state index in [1.165, 1.54) is 6.07 Å². The number of hydrogen-bond donors (Lipinski definition) is 2. The lowest BCUT2D eigenvalue weighted by Gasteiger charge is -2.16. The Morgan fingerprint density at radius 1 is 1.15 bits per heavy atom. The van der Waals surface area contributed by atoms with E-state index in [4.69, 9.17) is 4.74 Å². The smallest absolute Gasteiger partial charge is 0.407 e. The molecule has 0 aliphatic heterocycles. The number of unbranched alkanes of at least 4 members (excludes halogenated alkanes) is 3. The number of carbonyl (C=O) groups is 1. The molecule has 0 spiro atoms. The van der Waals surface area contributed by atoms with E-state index in [2.05, 4.69) is 16.8 Å². The molecular formula is C26H33N3O5. The molecule has 34 heavy (non-hydrogen) atoms. The molecule has 0 saturated carbocycles. The van der Waals surface area contributed by atoms with E-state index in [-0.39, 0.29) is 23.8 Å². The Bertz CT molecular complexity index is 1080. The highest BCUT2D eigenvalue weighted by Gasteiger charge is 2.21. The standard InChI is InChI=1S/C26H33N3O5/c1-2-3-4-8-16-28-17-21(25-23(28)12-9-13-24(25)29(32)33)14-15-22(18-30)27-26(31)34-19-20-10-6-5-7-11-20/h5-7,9-13,17,22,30H,2-4,8,14-16,18-19H2,1H3,(H,27,31)/t22-/m0/s1. The van der Waals surface area contributed by atoms with Gasteiger partial charge in [0.1, 0.15) is 6.61 Å². The summed E-state index contributed by atoms with van der Waals surface area (Å²) in [6.45, 7) is 2.85. The first-order valence-corrected chi connectivity index (χ1v) is 11.9. The van der Waals surface area contributed by atoms with Crippen molar-refractivity contribution >= 4 is 22.7 Å². The maximum atomic E-state index is 12.2. The van der Waals surface area contributed by atoms with E-state index in [1.807, 2.05) is 42.6 Å². The Balaban J connectivity index is 1.68. The van der Waals surface area contributed by atoms with Crippen molar-refractivity contribution in [3.63, 3.8) is 0 Å². The predicted molar refractivity (Wildman–Crippen MR) is 132 cm³/mol. The van der Waals surface area contributed by atoms with Crippen LogP contribution in [0, 0.1) is 10.1 Å². The van der Waals surface area contributed by atoms with Gasteiger partial charge in [0.05, 0.1) is 28.5 Å². The highest BCUT2D eigenvalue weighted by Crippen LogP contribution is 2.32. The van der Waals surface area contributed by atoms with Gasteiger partial charge < -0.3 is 19.7 Å². The molecule has 1 aromatic heterocycles. The lowest BCUT2D eigenvalue weighted by Crippen LogP contribution is -2.38. The molecular weight excluding hydrogens is 434 g/mol. The summed E-state index contributed by atoms with van der Waals surface area (Å²) in [5.41, 5.74) is 2.64. The molecule has 3 aromatic rings. The third-order valence-electron chi connectivity index (χ3n) is 5.93. The maximum absolute atomic E-state index is 12.2. The van der Waals surface area contributed by atoms with Crippen molar-refractivity contribution in [2.24, 2.45) is 0 Å². The van der Waals surface area contributed by atoms with Gasteiger partial charge in [0.15, 0.2) is 0 Å². The first-order valence-electron chi connectivity index (χ1n) is 11.9. The van der Waals surface area contributed by atoms with E-state index in [0.29, 0.717) is 18.2 Å². The number of ether oxygens (including phenoxy) is 1. The van der Waals surface area contributed by atoms with Crippen LogP contribution in [0.15, 0.2) is 54.7 Å². The molecule has 8 nitrogen and oxygen atoms in total. The highest BCUT2D eigenvalue weighted by atomic mass is 16.6. The molecule has 0 unspecified atom stereocenters. The number of nitrogens with zero attached hydrogens (tertiary/aromatic N) is 2. The fourth-order valence-electron chi connectivity index (χ4n) is 4.12. The molecule has 0 radical (unpaired) electrons. The van der Waals surface area contributed by atoms with Gasteiger partial charge in [-0.1, -0.05) is 62.6 Å². The van der Waals surface area contributed by atoms with E-state index >= 15 is 0 Å². The molecule has 1 atom stereocenters. The molecule has 0 fully saturated rings. The minimum atomic E-state index is -0.604. The van der Waals surface area contributed by atoms with Crippen molar-refractivity contribution in [1.29, 1.82) is 0 Å². The molecule has 0 aliphatic rings. The second-order valence-electron chi connectivity index (χ2n) is 8.46. The van der Waals surface area contributed by atoms with Gasteiger partial charge in [0, 0.05) is 18.8 Å². The Morgan fingerprint density at radius 3 is 2.65 bits per heavy atom. The average molecular weight is 468 g/mol. The monoisotopic (exact) mass is 467 g/mol. The number of fused-ring (bicyclic) bond motifs is 1. The van der Waals surface area contributed by atoms with Crippen LogP contribution in [0.4, 0.5) is 10.5 Å². The maximum Gasteiger partial charge on any atom is 0.407 e. The zero-order chi connectivity index (χ0) is 24.3. The van der Waals surface area contributed by atoms with Crippen LogP contribution in [0.5, 0.6) is 0 Å². The number of aryl methyl sites for hydroxylation is 2. The second-order valence-corrected chi connectivity index (χ2v) is 8.46. The topological polar surface area (TPSA) is 107 Å². The molecule has 0 aliphatic carbocycles. The van der Waals surface area contributed by atoms with Crippen molar-refractivity contribution in [1.82, 2.24) is 9.88 Å². The largest absolute Gasteiger partial charge is 0.445 e. The van der Waals surface area contributed by atoms with Crippen LogP contribution < -0.4 is 5.32 Å². The van der Waals surface area contributed by atoms with Crippen molar-refractivity contribution < 1.29 is 19.6 Å². The Labute approximate surface area is 199 Å². The van der Waals surface area contributed by atoms with Crippen LogP contribution in [0.25, 0.3) is 10.9 Å². The minimum absolute atomic E-state index is 0.0792. The molecule has 0 saturated heterocycles. The molecule has 0 bridgehead atoms. The number of hydrogen-bond acceptors (Lipinski definition) is 5. The summed E-state index contributed by atoms with van der Waals surface area (Å²) in [5.74, 6) is 0. The first kappa shape index (κ1) is 25.2. The van der Waals surface area contributed by atoms with Crippen LogP contribution in [-0.2, 0) is 24.3 Å². The third-order valence-corrected chi connectivity index (χ3v) is 5.93. The molecule has 3 rings (SSSR count). The summed E-state index contributed by atoms with van der Waals surface area (Å²) in [5, 5.41) is 24.8. The lowest BCUT2D eigenvalue weighted by molar-refractivity contribution is -0.383. The average Bonchev–Trinajstić information content (AvgIpc) is 3.21. The number of carbonyl (C=O) groups excluding carboxylic acids is 1. The predicted octanol–water partition coefficient (Wildman–Crippen LogP) is 5.35. The Morgan fingerprint density at radius 2 is 1.94 bits per heavy atom. The van der Waals surface area contributed by atoms with E-state index < -0.39 is 12.1 Å². The molecule has 182 valence electrons. The van der Waals surface area contributed by atoms with Crippen molar-refractivity contribution in [3.05, 3.63) is 76.0 Å². The quantitative estimate of drug-likeness (QED) is 0.200. The normalized spacial score (nSPS) is 11.9. The summed E-state index contributed by atoms with van der Waals surface area (Å²) in [7, 11) is 0. The summed E-state index contributed by atoms with van der Waals surface area (Å²) in [6, 6.07) is 14.0. The van der Waals surface area contributed by atoms with Crippen LogP contribution in [0.3, 0.4) is 0 Å². The number of nitrogens with one attached hydrogen (secondary N) is 1. The second kappa shape index (κ2) is 12.7. The molecule has 1 heterocycles. The molecule has 2 N–H and O–H groups in total. The highest BCUT2D eigenvalue weighted by molar-refractivity contribution is 5.92. The summed E-state index contributed by atoms with van der Waals surface area (Å²) >= 11 is 0. The van der Waals surface area contributed by atoms with Gasteiger partial charge in [-0.2, -0.15) is 0 Å². The van der Waals surface area contributed by atoms with Gasteiger partial charge in [-0.25, -0.2) is 4.79 Å². The number of non-ortho nitro benzene ring substituents is 1. The number of aromatic nitrogens is 1. The zero-order valence-electron chi connectivity index (χ0n) is 19.6. The van der Waals surface area contributed by atoms with Crippen LogP contribution in [-0.4, -0.2) is 33.3 Å². The van der Waals surface area contributed by atoms with Gasteiger partial charge >= 0.3 is 6.09 Å². The lowest BCUT2D eigenvalue weighted by atomic mass is 10.0. The van der Waals surface area contributed by atoms with E-state index in [0.717, 1.165) is 48.9 Å². The van der Waals surface area contributed by atoms with Gasteiger partial charge in [-0.05, 0) is 36.5 Å². The molecule has 2 aromatic carbocycles. The summed E-state index contributed by atoms with van der Waals surface area (Å²) in [4.78, 5) is 23.5. The fourth-order valence-corrected chi connectivity index (χ4v) is 4.12. The van der Waals surface area contributed by atoms with Gasteiger partial charge in [-0.15, -0.1) is 0 Å². The van der Waals surface area contributed by atoms with E-state index in [1.54, 1.807) is 6.07 Å². The minimum Gasteiger partial charge on any atom is -0.445 e. The number of aliphatic hydroxyl groups is 1. The third kappa shape index (κ3) is 6.81. The number of aliphatic hydroxyl groups excluding tert-OH is 1. The number of benzene rings is 2. The first-order chi connectivity index (χ1) is 16.5. The SMILES string of the molecule is CCCCCCn1cc(CC[C@@H](CO)NC(=O)OCc2ccccc2)c2c([N+](=O)[O-])cccc21. The van der Waals surface area contributed by atoms with Crippen LogP contribution in [0.2, 0.25) is 0 Å². The van der Waals surface area contributed by atoms with Gasteiger partial charge in [-0.3, -0.25) is 10.1 Å². The van der Waals surface area contributed by atoms with Crippen LogP contribution >= 0.6 is 0 Å². The summed E-state index contributed by atoms with van der Waals surface area (Å²) in [6.07, 6.45) is 6.71. The number of amides is 1. The number of nitro groups is 1. The molecule has 8 heteroatoms. The van der Waals surface area contributed by atoms with Gasteiger partial charge in [0.2, 0.25) is 0 Å². The zero-order valence-corrected chi connectivity index (χ0v) is 19.6. The van der Waals surface area contributed by atoms with Crippen molar-refractivity contribution in [2.45, 2.75) is 64.6 Å². The van der Waals surface area contributed by atoms with E-state index in [9.17, 15) is 20.0 Å².